The molecular weight excluding hydrogens is 1900 g/mol. The number of ether oxygens (including phenoxy) is 15. The van der Waals surface area contributed by atoms with E-state index in [-0.39, 0.29) is 154 Å². The summed E-state index contributed by atoms with van der Waals surface area (Å²) in [5.41, 5.74) is -1.33. The highest BCUT2D eigenvalue weighted by Crippen LogP contribution is 2.33. The Labute approximate surface area is 817 Å². The van der Waals surface area contributed by atoms with Gasteiger partial charge in [-0.15, -0.1) is 0 Å². The fourth-order valence-electron chi connectivity index (χ4n) is 15.1. The number of hydrogen-bond donors (Lipinski definition) is 10. The number of nitrogens with one attached hydrogen (secondary N) is 10. The van der Waals surface area contributed by atoms with E-state index in [0.717, 1.165) is 62.3 Å². The summed E-state index contributed by atoms with van der Waals surface area (Å²) in [6, 6.07) is -4.88. The van der Waals surface area contributed by atoms with Gasteiger partial charge in [0.1, 0.15) is 62.0 Å². The quantitative estimate of drug-likeness (QED) is 0.0109. The fraction of sp³-hybridized carbons (Fsp3) is 0.714. The number of Topliss-reactive ketones (excluding diaryl/α,β-unsaturated/α-hetero) is 1. The van der Waals surface area contributed by atoms with Gasteiger partial charge >= 0.3 is 53.7 Å². The minimum absolute atomic E-state index is 0.0101. The van der Waals surface area contributed by atoms with Crippen LogP contribution < -0.4 is 53.2 Å². The molecule has 3 aliphatic heterocycles. The Bertz CT molecular complexity index is 4220. The van der Waals surface area contributed by atoms with Crippen LogP contribution >= 0.6 is 0 Å². The lowest BCUT2D eigenvalue weighted by Gasteiger charge is -2.44. The predicted octanol–water partition coefficient (Wildman–Crippen LogP) is 1.19. The van der Waals surface area contributed by atoms with Crippen LogP contribution in [0.3, 0.4) is 0 Å². The SMILES string of the molecule is CC(=O)NC1C(OCCCCCC(=O)NCCCNC(=O)CN(CC(=O)NCCCNC(=O)CCCCCOC2OC(COC(C)=O)C(OC(C)=O)C(OC(C)=O)C2NC(C)=O)C(CCCCNC(=O)CCCC(=O)Cc2c(F)c(F)c(F)c(F)c2F)C(=O)NCCCNC(=O)CCCCCOC2OC(COC(C)=O)C(OC(C)=O)C(OC(C)=O)C2NC(C)=O)OC(COC(C)=O)C(OC(C)=O)C1OC(C)=O. The third-order valence-electron chi connectivity index (χ3n) is 21.4. The monoisotopic (exact) mass is 2040 g/mol. The van der Waals surface area contributed by atoms with Crippen molar-refractivity contribution in [3.05, 3.63) is 34.6 Å². The molecule has 0 aliphatic carbocycles. The van der Waals surface area contributed by atoms with Crippen molar-refractivity contribution in [2.75, 3.05) is 98.5 Å². The van der Waals surface area contributed by atoms with Crippen LogP contribution in [-0.4, -0.2) is 320 Å². The summed E-state index contributed by atoms with van der Waals surface area (Å²) in [6.07, 6.45) is -13.5. The number of unbranched alkanes of at least 4 members (excludes halogenated alkanes) is 7. The van der Waals surface area contributed by atoms with E-state index in [9.17, 15) is 118 Å². The molecule has 0 aromatic heterocycles. The van der Waals surface area contributed by atoms with Crippen molar-refractivity contribution in [2.24, 2.45) is 0 Å². The first-order chi connectivity index (χ1) is 67.3. The standard InChI is InChI=1S/C91H136F5N11O35/c1-50(108)104-79-85(137-59(10)117)82(134-56(7)114)65(47-131-53(4)111)140-89(79)128-41-21-13-16-30-68(121)98-35-25-38-101-72(125)45-107(46-73(126)102-39-26-36-99-69(122)31-17-14-22-42-129-90-80(105-51(2)109)86(138-60(11)118)83(135-57(8)115)66(141-90)48-132-54(5)112)64(29-19-20-34-97-71(124)33-24-28-62(120)44-63-74(92)76(94)78(96)77(95)75(63)93)88(127)103-40-27-37-100-70(123)32-18-15-23-43-130-91-81(106-52(3)110)87(139-61(12)119)84(136-58(9)116)67(142-91)49-133-55(6)113/h64-67,79-87,89-91H,13-49H2,1-12H3,(H,97,124)(H,98,121)(H,99,122)(H,100,123)(H,101,125)(H,102,126)(H,103,127)(H,104,108)(H,105,109)(H,106,110). The molecule has 800 valence electrons. The lowest BCUT2D eigenvalue weighted by Crippen LogP contribution is -2.66. The maximum absolute atomic E-state index is 14.6. The topological polar surface area (TPSA) is 603 Å². The van der Waals surface area contributed by atoms with E-state index in [1.54, 1.807) is 0 Å². The van der Waals surface area contributed by atoms with Gasteiger partial charge in [-0.25, -0.2) is 22.0 Å². The first kappa shape index (κ1) is 122. The first-order valence-electron chi connectivity index (χ1n) is 47.0. The van der Waals surface area contributed by atoms with E-state index in [1.165, 1.54) is 25.7 Å². The van der Waals surface area contributed by atoms with Crippen LogP contribution in [0.15, 0.2) is 0 Å². The van der Waals surface area contributed by atoms with Crippen LogP contribution in [0, 0.1) is 29.1 Å². The van der Waals surface area contributed by atoms with E-state index in [0.29, 0.717) is 57.8 Å². The van der Waals surface area contributed by atoms with Crippen molar-refractivity contribution in [1.82, 2.24) is 58.1 Å². The van der Waals surface area contributed by atoms with Crippen molar-refractivity contribution in [1.29, 1.82) is 0 Å². The second kappa shape index (κ2) is 66.1. The molecule has 46 nitrogen and oxygen atoms in total. The average molecular weight is 2040 g/mol. The number of nitrogens with zero attached hydrogens (tertiary/aromatic N) is 1. The number of hydrogen-bond acceptors (Lipinski definition) is 36. The molecule has 0 radical (unpaired) electrons. The Morgan fingerprint density at radius 2 is 0.570 bits per heavy atom. The number of ketones is 1. The van der Waals surface area contributed by atoms with E-state index < -0.39 is 279 Å². The van der Waals surface area contributed by atoms with Gasteiger partial charge in [-0.3, -0.25) is 101 Å². The number of esters is 9. The van der Waals surface area contributed by atoms with Gasteiger partial charge in [0.05, 0.1) is 19.1 Å². The lowest BCUT2D eigenvalue weighted by atomic mass is 9.96. The van der Waals surface area contributed by atoms with E-state index in [2.05, 4.69) is 53.2 Å². The predicted molar refractivity (Wildman–Crippen MR) is 478 cm³/mol. The molecule has 1 aromatic carbocycles. The van der Waals surface area contributed by atoms with Gasteiger partial charge < -0.3 is 124 Å². The summed E-state index contributed by atoms with van der Waals surface area (Å²) in [5, 5.41) is 27.1. The Kier molecular flexibility index (Phi) is 57.0. The van der Waals surface area contributed by atoms with Crippen LogP contribution in [0.2, 0.25) is 0 Å². The zero-order valence-corrected chi connectivity index (χ0v) is 82.0. The maximum Gasteiger partial charge on any atom is 0.303 e. The second-order valence-electron chi connectivity index (χ2n) is 33.7. The number of carbonyl (C=O) groups is 20. The smallest absolute Gasteiger partial charge is 0.303 e. The summed E-state index contributed by atoms with van der Waals surface area (Å²) in [5.74, 6) is -24.4. The normalized spacial score (nSPS) is 20.9. The van der Waals surface area contributed by atoms with Crippen LogP contribution in [0.4, 0.5) is 22.0 Å². The summed E-state index contributed by atoms with van der Waals surface area (Å²) >= 11 is 0. The molecule has 1 aromatic rings. The Morgan fingerprint density at radius 1 is 0.296 bits per heavy atom. The maximum atomic E-state index is 14.6. The number of amides is 10. The molecule has 51 heteroatoms. The van der Waals surface area contributed by atoms with E-state index >= 15 is 0 Å². The Balaban J connectivity index is 1.46. The highest BCUT2D eigenvalue weighted by atomic mass is 19.2. The number of halogens is 5. The van der Waals surface area contributed by atoms with E-state index in [1.807, 2.05) is 0 Å². The van der Waals surface area contributed by atoms with Gasteiger partial charge in [0.2, 0.25) is 64.9 Å². The minimum Gasteiger partial charge on any atom is -0.463 e. The molecule has 142 heavy (non-hydrogen) atoms. The van der Waals surface area contributed by atoms with Crippen LogP contribution in [0.5, 0.6) is 0 Å². The zero-order valence-electron chi connectivity index (χ0n) is 82.0. The molecule has 16 unspecified atom stereocenters. The highest BCUT2D eigenvalue weighted by molar-refractivity contribution is 5.87. The Morgan fingerprint density at radius 3 is 0.866 bits per heavy atom. The first-order valence-corrected chi connectivity index (χ1v) is 47.0. The zero-order chi connectivity index (χ0) is 106. The molecule has 3 saturated heterocycles. The summed E-state index contributed by atoms with van der Waals surface area (Å²) in [4.78, 5) is 255. The van der Waals surface area contributed by atoms with Gasteiger partial charge in [-0.2, -0.15) is 0 Å². The molecule has 4 rings (SSSR count). The fourth-order valence-corrected chi connectivity index (χ4v) is 15.1. The van der Waals surface area contributed by atoms with Crippen molar-refractivity contribution in [3.63, 3.8) is 0 Å². The summed E-state index contributed by atoms with van der Waals surface area (Å²) < 4.78 is 154. The van der Waals surface area contributed by atoms with Crippen LogP contribution in [0.1, 0.15) is 223 Å². The number of benzene rings is 1. The molecule has 3 aliphatic rings. The lowest BCUT2D eigenvalue weighted by molar-refractivity contribution is -0.277. The average Bonchev–Trinajstić information content (AvgIpc) is 0.775. The Hall–Kier alpha value is -11.8. The number of rotatable bonds is 65. The van der Waals surface area contributed by atoms with Crippen LogP contribution in [-0.2, 0) is 173 Å². The van der Waals surface area contributed by atoms with E-state index in [4.69, 9.17) is 71.1 Å². The molecule has 0 saturated carbocycles. The summed E-state index contributed by atoms with van der Waals surface area (Å²) in [6.45, 7) is 11.0. The molecule has 10 N–H and O–H groups in total. The van der Waals surface area contributed by atoms with Gasteiger partial charge in [-0.05, 0) is 83.5 Å². The molecule has 0 bridgehead atoms. The summed E-state index contributed by atoms with van der Waals surface area (Å²) in [7, 11) is 0. The van der Waals surface area contributed by atoms with Crippen molar-refractivity contribution < 1.29 is 189 Å². The van der Waals surface area contributed by atoms with Crippen molar-refractivity contribution >= 4 is 119 Å². The molecule has 0 spiro atoms. The number of carbonyl (C=O) groups excluding carboxylic acids is 20. The molecular formula is C91H136F5N11O35. The van der Waals surface area contributed by atoms with Crippen molar-refractivity contribution in [3.8, 4) is 0 Å². The van der Waals surface area contributed by atoms with Gasteiger partial charge in [0.25, 0.3) is 0 Å². The molecule has 3 fully saturated rings. The van der Waals surface area contributed by atoms with Gasteiger partial charge in [0, 0.05) is 193 Å². The van der Waals surface area contributed by atoms with Crippen molar-refractivity contribution in [2.45, 2.75) is 322 Å². The second-order valence-corrected chi connectivity index (χ2v) is 33.7. The third kappa shape index (κ3) is 47.8. The van der Waals surface area contributed by atoms with Crippen LogP contribution in [0.25, 0.3) is 0 Å². The highest BCUT2D eigenvalue weighted by Gasteiger charge is 2.55. The molecule has 3 heterocycles. The van der Waals surface area contributed by atoms with Gasteiger partial charge in [-0.1, -0.05) is 19.3 Å². The third-order valence-corrected chi connectivity index (χ3v) is 21.4. The van der Waals surface area contributed by atoms with Gasteiger partial charge in [0.15, 0.2) is 78.8 Å². The minimum atomic E-state index is -2.40. The molecule has 10 amide bonds. The molecule has 16 atom stereocenters. The largest absolute Gasteiger partial charge is 0.463 e.